The topological polar surface area (TPSA) is 32.3 Å². The lowest BCUT2D eigenvalue weighted by Crippen LogP contribution is -2.43. The van der Waals surface area contributed by atoms with Crippen molar-refractivity contribution in [2.75, 3.05) is 19.6 Å². The van der Waals surface area contributed by atoms with Gasteiger partial charge in [0.2, 0.25) is 5.91 Å². The first kappa shape index (κ1) is 14.3. The Morgan fingerprint density at radius 1 is 1.41 bits per heavy atom. The monoisotopic (exact) mass is 252 g/mol. The summed E-state index contributed by atoms with van der Waals surface area (Å²) in [6.45, 7) is 1.38. The predicted octanol–water partition coefficient (Wildman–Crippen LogP) is 1.93. The lowest BCUT2D eigenvalue weighted by atomic mass is 10.0. The maximum atomic E-state index is 12.2. The van der Waals surface area contributed by atoms with Crippen molar-refractivity contribution in [3.8, 4) is 0 Å². The molecule has 1 aliphatic heterocycles. The number of rotatable bonds is 4. The summed E-state index contributed by atoms with van der Waals surface area (Å²) in [5, 5.41) is 3.16. The number of carbonyl (C=O) groups is 1. The van der Waals surface area contributed by atoms with E-state index >= 15 is 0 Å². The quantitative estimate of drug-likeness (QED) is 0.829. The van der Waals surface area contributed by atoms with E-state index in [4.69, 9.17) is 0 Å². The van der Waals surface area contributed by atoms with Gasteiger partial charge in [0.05, 0.1) is 0 Å². The highest BCUT2D eigenvalue weighted by atomic mass is 19.4. The lowest BCUT2D eigenvalue weighted by Gasteiger charge is -2.27. The van der Waals surface area contributed by atoms with Crippen molar-refractivity contribution in [1.29, 1.82) is 0 Å². The van der Waals surface area contributed by atoms with Crippen molar-refractivity contribution in [2.45, 2.75) is 44.8 Å². The highest BCUT2D eigenvalue weighted by Gasteiger charge is 2.32. The summed E-state index contributed by atoms with van der Waals surface area (Å²) >= 11 is 0. The third kappa shape index (κ3) is 5.39. The standard InChI is InChI=1S/C11H19F3N2O/c1-2-16(8-11(12,13)14)10(17)7-9-5-3-4-6-15-9/h9,15H,2-8H2,1H3. The van der Waals surface area contributed by atoms with Crippen LogP contribution in [0.4, 0.5) is 13.2 Å². The van der Waals surface area contributed by atoms with E-state index in [9.17, 15) is 18.0 Å². The summed E-state index contributed by atoms with van der Waals surface area (Å²) in [6, 6.07) is 0.0403. The van der Waals surface area contributed by atoms with Gasteiger partial charge in [-0.15, -0.1) is 0 Å². The Bertz CT molecular complexity index is 250. The first-order chi connectivity index (χ1) is 7.92. The summed E-state index contributed by atoms with van der Waals surface area (Å²) in [6.07, 6.45) is -1.16. The molecule has 1 heterocycles. The van der Waals surface area contributed by atoms with E-state index in [0.29, 0.717) is 0 Å². The minimum atomic E-state index is -4.31. The summed E-state index contributed by atoms with van der Waals surface area (Å²) in [5.74, 6) is -0.413. The molecule has 3 nitrogen and oxygen atoms in total. The Morgan fingerprint density at radius 3 is 2.59 bits per heavy atom. The first-order valence-electron chi connectivity index (χ1n) is 6.00. The zero-order chi connectivity index (χ0) is 12.9. The number of hydrogen-bond donors (Lipinski definition) is 1. The fraction of sp³-hybridized carbons (Fsp3) is 0.909. The average Bonchev–Trinajstić information content (AvgIpc) is 2.26. The molecule has 1 aliphatic rings. The van der Waals surface area contributed by atoms with Crippen LogP contribution in [0.25, 0.3) is 0 Å². The molecule has 1 amide bonds. The van der Waals surface area contributed by atoms with Crippen LogP contribution in [-0.2, 0) is 4.79 Å². The molecular formula is C11H19F3N2O. The second-order valence-corrected chi connectivity index (χ2v) is 4.37. The van der Waals surface area contributed by atoms with Gasteiger partial charge in [-0.25, -0.2) is 0 Å². The van der Waals surface area contributed by atoms with Gasteiger partial charge in [0.1, 0.15) is 6.54 Å². The molecule has 1 atom stereocenters. The molecule has 1 N–H and O–H groups in total. The first-order valence-corrected chi connectivity index (χ1v) is 6.00. The molecule has 100 valence electrons. The van der Waals surface area contributed by atoms with Crippen molar-refractivity contribution in [3.63, 3.8) is 0 Å². The zero-order valence-corrected chi connectivity index (χ0v) is 10.0. The maximum absolute atomic E-state index is 12.2. The molecule has 6 heteroatoms. The Hall–Kier alpha value is -0.780. The molecule has 0 aromatic heterocycles. The normalized spacial score (nSPS) is 21.3. The van der Waals surface area contributed by atoms with E-state index in [-0.39, 0.29) is 19.0 Å². The molecule has 1 rings (SSSR count). The number of carbonyl (C=O) groups excluding carboxylic acids is 1. The molecule has 1 fully saturated rings. The fourth-order valence-electron chi connectivity index (χ4n) is 2.03. The molecule has 0 saturated carbocycles. The smallest absolute Gasteiger partial charge is 0.334 e. The summed E-state index contributed by atoms with van der Waals surface area (Å²) in [5.41, 5.74) is 0. The summed E-state index contributed by atoms with van der Waals surface area (Å²) < 4.78 is 36.7. The number of nitrogens with zero attached hydrogens (tertiary/aromatic N) is 1. The Morgan fingerprint density at radius 2 is 2.12 bits per heavy atom. The number of nitrogens with one attached hydrogen (secondary N) is 1. The minimum absolute atomic E-state index is 0.0403. The zero-order valence-electron chi connectivity index (χ0n) is 10.0. The third-order valence-corrected chi connectivity index (χ3v) is 2.94. The largest absolute Gasteiger partial charge is 0.406 e. The molecule has 0 spiro atoms. The van der Waals surface area contributed by atoms with Crippen molar-refractivity contribution in [3.05, 3.63) is 0 Å². The third-order valence-electron chi connectivity index (χ3n) is 2.94. The van der Waals surface area contributed by atoms with Gasteiger partial charge in [0, 0.05) is 19.0 Å². The van der Waals surface area contributed by atoms with Gasteiger partial charge < -0.3 is 10.2 Å². The second kappa shape index (κ2) is 6.23. The van der Waals surface area contributed by atoms with Crippen LogP contribution in [0.2, 0.25) is 0 Å². The van der Waals surface area contributed by atoms with Crippen LogP contribution in [0, 0.1) is 0 Å². The maximum Gasteiger partial charge on any atom is 0.406 e. The van der Waals surface area contributed by atoms with Crippen molar-refractivity contribution in [1.82, 2.24) is 10.2 Å². The molecule has 0 radical (unpaired) electrons. The Labute approximate surface area is 99.4 Å². The predicted molar refractivity (Wildman–Crippen MR) is 58.6 cm³/mol. The Balaban J connectivity index is 2.42. The summed E-state index contributed by atoms with van der Waals surface area (Å²) in [4.78, 5) is 12.6. The van der Waals surface area contributed by atoms with Crippen molar-refractivity contribution in [2.24, 2.45) is 0 Å². The second-order valence-electron chi connectivity index (χ2n) is 4.37. The van der Waals surface area contributed by atoms with Crippen LogP contribution in [0.1, 0.15) is 32.6 Å². The van der Waals surface area contributed by atoms with Gasteiger partial charge in [0.15, 0.2) is 0 Å². The van der Waals surface area contributed by atoms with E-state index in [1.54, 1.807) is 6.92 Å². The van der Waals surface area contributed by atoms with Crippen LogP contribution >= 0.6 is 0 Å². The van der Waals surface area contributed by atoms with Gasteiger partial charge >= 0.3 is 6.18 Å². The van der Waals surface area contributed by atoms with Gasteiger partial charge in [-0.3, -0.25) is 4.79 Å². The van der Waals surface area contributed by atoms with E-state index < -0.39 is 18.6 Å². The molecule has 1 saturated heterocycles. The van der Waals surface area contributed by atoms with Crippen LogP contribution < -0.4 is 5.32 Å². The number of piperidine rings is 1. The SMILES string of the molecule is CCN(CC(F)(F)F)C(=O)CC1CCCCN1. The van der Waals surface area contributed by atoms with Crippen LogP contribution in [0.3, 0.4) is 0 Å². The highest BCUT2D eigenvalue weighted by molar-refractivity contribution is 5.76. The number of halogens is 3. The van der Waals surface area contributed by atoms with Crippen molar-refractivity contribution < 1.29 is 18.0 Å². The fourth-order valence-corrected chi connectivity index (χ4v) is 2.03. The van der Waals surface area contributed by atoms with E-state index in [0.717, 1.165) is 30.7 Å². The van der Waals surface area contributed by atoms with Gasteiger partial charge in [-0.2, -0.15) is 13.2 Å². The van der Waals surface area contributed by atoms with Gasteiger partial charge in [-0.05, 0) is 26.3 Å². The number of alkyl halides is 3. The average molecular weight is 252 g/mol. The molecule has 0 bridgehead atoms. The van der Waals surface area contributed by atoms with E-state index in [1.165, 1.54) is 0 Å². The molecular weight excluding hydrogens is 233 g/mol. The lowest BCUT2D eigenvalue weighted by molar-refractivity contribution is -0.161. The summed E-state index contributed by atoms with van der Waals surface area (Å²) in [7, 11) is 0. The molecule has 1 unspecified atom stereocenters. The Kier molecular flexibility index (Phi) is 5.24. The van der Waals surface area contributed by atoms with Gasteiger partial charge in [0.25, 0.3) is 0 Å². The molecule has 0 aromatic carbocycles. The van der Waals surface area contributed by atoms with Crippen molar-refractivity contribution >= 4 is 5.91 Å². The number of hydrogen-bond acceptors (Lipinski definition) is 2. The number of amides is 1. The minimum Gasteiger partial charge on any atom is -0.334 e. The van der Waals surface area contributed by atoms with Crippen LogP contribution in [-0.4, -0.2) is 42.7 Å². The van der Waals surface area contributed by atoms with Gasteiger partial charge in [-0.1, -0.05) is 6.42 Å². The molecule has 17 heavy (non-hydrogen) atoms. The highest BCUT2D eigenvalue weighted by Crippen LogP contribution is 2.18. The molecule has 0 aromatic rings. The van der Waals surface area contributed by atoms with Crippen LogP contribution in [0.15, 0.2) is 0 Å². The van der Waals surface area contributed by atoms with E-state index in [1.807, 2.05) is 0 Å². The van der Waals surface area contributed by atoms with E-state index in [2.05, 4.69) is 5.32 Å². The van der Waals surface area contributed by atoms with Crippen LogP contribution in [0.5, 0.6) is 0 Å². The molecule has 0 aliphatic carbocycles.